The maximum absolute atomic E-state index is 15.3. The zero-order chi connectivity index (χ0) is 25.2. The molecule has 1 saturated heterocycles. The largest absolute Gasteiger partial charge is 0.488 e. The van der Waals surface area contributed by atoms with Gasteiger partial charge in [0.1, 0.15) is 24.0 Å². The molecular weight excluding hydrogens is 459 g/mol. The second-order valence-corrected chi connectivity index (χ2v) is 9.47. The highest BCUT2D eigenvalue weighted by Crippen LogP contribution is 2.38. The number of hydrogen-bond acceptors (Lipinski definition) is 8. The quantitative estimate of drug-likeness (QED) is 0.384. The van der Waals surface area contributed by atoms with Gasteiger partial charge in [0.25, 0.3) is 0 Å². The highest BCUT2D eigenvalue weighted by Gasteiger charge is 2.25. The predicted molar refractivity (Wildman–Crippen MR) is 141 cm³/mol. The average molecular weight is 491 g/mol. The molecule has 0 radical (unpaired) electrons. The number of methoxy groups -OCH3 is 1. The fourth-order valence-corrected chi connectivity index (χ4v) is 4.77. The summed E-state index contributed by atoms with van der Waals surface area (Å²) in [4.78, 5) is 17.6. The van der Waals surface area contributed by atoms with E-state index in [2.05, 4.69) is 30.1 Å². The van der Waals surface area contributed by atoms with Gasteiger partial charge in [-0.05, 0) is 57.8 Å². The molecule has 9 heteroatoms. The lowest BCUT2D eigenvalue weighted by atomic mass is 10.1. The Balaban J connectivity index is 1.58. The minimum absolute atomic E-state index is 0.0831. The lowest BCUT2D eigenvalue weighted by molar-refractivity contribution is 0.121. The predicted octanol–water partition coefficient (Wildman–Crippen LogP) is 4.61. The van der Waals surface area contributed by atoms with Crippen LogP contribution in [0.1, 0.15) is 13.3 Å². The van der Waals surface area contributed by atoms with Gasteiger partial charge in [0.05, 0.1) is 28.2 Å². The van der Waals surface area contributed by atoms with E-state index in [-0.39, 0.29) is 18.0 Å². The monoisotopic (exact) mass is 490 g/mol. The smallest absolute Gasteiger partial charge is 0.156 e. The van der Waals surface area contributed by atoms with Crippen LogP contribution in [0, 0.1) is 5.82 Å². The number of ether oxygens (including phenoxy) is 2. The molecule has 1 fully saturated rings. The van der Waals surface area contributed by atoms with Crippen LogP contribution in [0.2, 0.25) is 0 Å². The van der Waals surface area contributed by atoms with Crippen LogP contribution < -0.4 is 15.0 Å². The van der Waals surface area contributed by atoms with Crippen LogP contribution >= 0.6 is 0 Å². The molecule has 5 rings (SSSR count). The van der Waals surface area contributed by atoms with Gasteiger partial charge in [0.2, 0.25) is 0 Å². The molecule has 4 aromatic rings. The van der Waals surface area contributed by atoms with Gasteiger partial charge in [0, 0.05) is 50.1 Å². The fourth-order valence-electron chi connectivity index (χ4n) is 4.77. The van der Waals surface area contributed by atoms with Gasteiger partial charge in [-0.3, -0.25) is 4.98 Å². The number of fused-ring (bicyclic) bond motifs is 2. The van der Waals surface area contributed by atoms with Gasteiger partial charge >= 0.3 is 0 Å². The molecule has 188 valence electrons. The van der Waals surface area contributed by atoms with Crippen LogP contribution in [0.5, 0.6) is 5.75 Å². The Morgan fingerprint density at radius 2 is 2.03 bits per heavy atom. The van der Waals surface area contributed by atoms with Gasteiger partial charge in [-0.2, -0.15) is 0 Å². The van der Waals surface area contributed by atoms with Crippen molar-refractivity contribution in [2.75, 3.05) is 51.1 Å². The number of rotatable bonds is 8. The van der Waals surface area contributed by atoms with Crippen LogP contribution in [0.15, 0.2) is 48.9 Å². The van der Waals surface area contributed by atoms with Crippen molar-refractivity contribution in [3.63, 3.8) is 0 Å². The summed E-state index contributed by atoms with van der Waals surface area (Å²) in [5, 5.41) is 4.34. The topological polar surface area (TPSA) is 75.6 Å². The van der Waals surface area contributed by atoms with E-state index in [0.29, 0.717) is 33.5 Å². The number of aromatic nitrogens is 3. The standard InChI is InChI=1S/C27H31FN6O2/c1-17(14-33(2)3)36-24-13-18(34-11-9-19(15-34)35-4)12-23-25(24)27(31-16-30-23)32-22-8-7-21-20(26(22)28)6-5-10-29-21/h5-8,10,12-13,16-17,19H,9,11,14-15H2,1-4H3,(H,30,31,32)/t17-,19?/m1/s1. The third-order valence-corrected chi connectivity index (χ3v) is 6.45. The van der Waals surface area contributed by atoms with Gasteiger partial charge in [-0.25, -0.2) is 14.4 Å². The molecule has 1 N–H and O–H groups in total. The summed E-state index contributed by atoms with van der Waals surface area (Å²) in [6.45, 7) is 4.47. The van der Waals surface area contributed by atoms with Crippen molar-refractivity contribution in [2.24, 2.45) is 0 Å². The van der Waals surface area contributed by atoms with E-state index in [0.717, 1.165) is 37.3 Å². The molecule has 0 bridgehead atoms. The Morgan fingerprint density at radius 1 is 1.17 bits per heavy atom. The number of pyridine rings is 1. The van der Waals surface area contributed by atoms with Crippen LogP contribution in [0.4, 0.5) is 21.6 Å². The van der Waals surface area contributed by atoms with Crippen molar-refractivity contribution < 1.29 is 13.9 Å². The van der Waals surface area contributed by atoms with Crippen molar-refractivity contribution in [1.82, 2.24) is 19.9 Å². The Hall–Kier alpha value is -3.56. The summed E-state index contributed by atoms with van der Waals surface area (Å²) in [5.74, 6) is 0.760. The minimum atomic E-state index is -0.380. The molecule has 0 aliphatic carbocycles. The lowest BCUT2D eigenvalue weighted by Gasteiger charge is -2.24. The maximum atomic E-state index is 15.3. The Kier molecular flexibility index (Phi) is 6.84. The number of likely N-dealkylation sites (N-methyl/N-ethyl adjacent to an activating group) is 1. The zero-order valence-electron chi connectivity index (χ0n) is 21.0. The van der Waals surface area contributed by atoms with Crippen molar-refractivity contribution in [2.45, 2.75) is 25.6 Å². The Morgan fingerprint density at radius 3 is 2.81 bits per heavy atom. The second kappa shape index (κ2) is 10.2. The third kappa shape index (κ3) is 4.89. The number of halogens is 1. The molecule has 36 heavy (non-hydrogen) atoms. The highest BCUT2D eigenvalue weighted by atomic mass is 19.1. The van der Waals surface area contributed by atoms with Gasteiger partial charge in [-0.1, -0.05) is 0 Å². The third-order valence-electron chi connectivity index (χ3n) is 6.45. The van der Waals surface area contributed by atoms with E-state index < -0.39 is 0 Å². The van der Waals surface area contributed by atoms with Gasteiger partial charge in [-0.15, -0.1) is 0 Å². The molecule has 0 amide bonds. The average Bonchev–Trinajstić information content (AvgIpc) is 3.35. The molecule has 1 unspecified atom stereocenters. The maximum Gasteiger partial charge on any atom is 0.156 e. The Labute approximate surface area is 210 Å². The summed E-state index contributed by atoms with van der Waals surface area (Å²) in [6, 6.07) is 11.0. The first-order chi connectivity index (χ1) is 17.4. The highest BCUT2D eigenvalue weighted by molar-refractivity contribution is 5.98. The Bertz CT molecular complexity index is 1380. The van der Waals surface area contributed by atoms with E-state index in [1.54, 1.807) is 37.6 Å². The number of nitrogens with one attached hydrogen (secondary N) is 1. The summed E-state index contributed by atoms with van der Waals surface area (Å²) in [5.41, 5.74) is 2.65. The second-order valence-electron chi connectivity index (χ2n) is 9.47. The first kappa shape index (κ1) is 24.1. The molecule has 2 atom stereocenters. The fraction of sp³-hybridized carbons (Fsp3) is 0.370. The molecule has 2 aromatic carbocycles. The van der Waals surface area contributed by atoms with Crippen molar-refractivity contribution >= 4 is 39.0 Å². The molecule has 1 aliphatic heterocycles. The van der Waals surface area contributed by atoms with E-state index >= 15 is 4.39 Å². The van der Waals surface area contributed by atoms with Crippen molar-refractivity contribution in [3.8, 4) is 5.75 Å². The summed E-state index contributed by atoms with van der Waals surface area (Å²) in [6.07, 6.45) is 4.22. The normalized spacial score (nSPS) is 16.7. The van der Waals surface area contributed by atoms with Crippen LogP contribution in [0.25, 0.3) is 21.8 Å². The van der Waals surface area contributed by atoms with Crippen LogP contribution in [-0.2, 0) is 4.74 Å². The number of hydrogen-bond donors (Lipinski definition) is 1. The number of anilines is 3. The van der Waals surface area contributed by atoms with Crippen LogP contribution in [0.3, 0.4) is 0 Å². The van der Waals surface area contributed by atoms with Crippen LogP contribution in [-0.4, -0.2) is 72.9 Å². The molecule has 3 heterocycles. The van der Waals surface area contributed by atoms with Gasteiger partial charge in [0.15, 0.2) is 5.82 Å². The van der Waals surface area contributed by atoms with Crippen molar-refractivity contribution in [3.05, 3.63) is 54.7 Å². The van der Waals surface area contributed by atoms with E-state index in [4.69, 9.17) is 9.47 Å². The summed E-state index contributed by atoms with van der Waals surface area (Å²) >= 11 is 0. The number of benzene rings is 2. The molecule has 0 saturated carbocycles. The minimum Gasteiger partial charge on any atom is -0.488 e. The first-order valence-corrected chi connectivity index (χ1v) is 12.1. The zero-order valence-corrected chi connectivity index (χ0v) is 21.0. The van der Waals surface area contributed by atoms with Crippen molar-refractivity contribution in [1.29, 1.82) is 0 Å². The number of nitrogens with zero attached hydrogens (tertiary/aromatic N) is 5. The molecule has 0 spiro atoms. The molecule has 2 aromatic heterocycles. The molecular formula is C27H31FN6O2. The summed E-state index contributed by atoms with van der Waals surface area (Å²) in [7, 11) is 5.77. The van der Waals surface area contributed by atoms with E-state index in [1.165, 1.54) is 6.33 Å². The summed E-state index contributed by atoms with van der Waals surface area (Å²) < 4.78 is 27.4. The van der Waals surface area contributed by atoms with E-state index in [1.807, 2.05) is 33.2 Å². The molecule has 1 aliphatic rings. The van der Waals surface area contributed by atoms with Gasteiger partial charge < -0.3 is 24.6 Å². The SMILES string of the molecule is COC1CCN(c2cc(O[C@H](C)CN(C)C)c3c(Nc4ccc5ncccc5c4F)ncnc3c2)C1. The molecule has 8 nitrogen and oxygen atoms in total. The van der Waals surface area contributed by atoms with E-state index in [9.17, 15) is 0 Å². The first-order valence-electron chi connectivity index (χ1n) is 12.1. The lowest BCUT2D eigenvalue weighted by Crippen LogP contribution is -2.28.